The summed E-state index contributed by atoms with van der Waals surface area (Å²) in [5.74, 6) is -0.178. The average Bonchev–Trinajstić information content (AvgIpc) is 2.53. The molecule has 1 aromatic heterocycles. The van der Waals surface area contributed by atoms with Gasteiger partial charge >= 0.3 is 0 Å². The molecular formula is C19H23N3O. The Morgan fingerprint density at radius 3 is 2.48 bits per heavy atom. The van der Waals surface area contributed by atoms with Crippen LogP contribution in [-0.2, 0) is 5.41 Å². The average molecular weight is 309 g/mol. The molecule has 0 radical (unpaired) electrons. The summed E-state index contributed by atoms with van der Waals surface area (Å²) < 4.78 is 0. The molecule has 2 aromatic rings. The second-order valence-electron chi connectivity index (χ2n) is 6.41. The Morgan fingerprint density at radius 2 is 1.87 bits per heavy atom. The lowest BCUT2D eigenvalue weighted by Gasteiger charge is -2.19. The van der Waals surface area contributed by atoms with E-state index in [0.29, 0.717) is 12.1 Å². The Labute approximate surface area is 137 Å². The van der Waals surface area contributed by atoms with E-state index in [1.54, 1.807) is 24.5 Å². The van der Waals surface area contributed by atoms with Gasteiger partial charge < -0.3 is 10.6 Å². The SMILES string of the molecule is C=CCNc1cncc(C(=O)Nc2ccc(C(C)(C)C)cc2)c1. The van der Waals surface area contributed by atoms with Crippen LogP contribution < -0.4 is 10.6 Å². The summed E-state index contributed by atoms with van der Waals surface area (Å²) >= 11 is 0. The van der Waals surface area contributed by atoms with Gasteiger partial charge in [-0.05, 0) is 29.2 Å². The van der Waals surface area contributed by atoms with Gasteiger partial charge in [-0.2, -0.15) is 0 Å². The first-order chi connectivity index (χ1) is 10.9. The van der Waals surface area contributed by atoms with Gasteiger partial charge in [0.15, 0.2) is 0 Å². The number of benzene rings is 1. The van der Waals surface area contributed by atoms with Crippen LogP contribution in [0.1, 0.15) is 36.7 Å². The standard InChI is InChI=1S/C19H23N3O/c1-5-10-21-17-11-14(12-20-13-17)18(23)22-16-8-6-15(7-9-16)19(2,3)4/h5-9,11-13,21H,1,10H2,2-4H3,(H,22,23). The number of nitrogens with one attached hydrogen (secondary N) is 2. The lowest BCUT2D eigenvalue weighted by molar-refractivity contribution is 0.102. The molecule has 0 saturated carbocycles. The highest BCUT2D eigenvalue weighted by Crippen LogP contribution is 2.23. The number of carbonyl (C=O) groups excluding carboxylic acids is 1. The molecule has 0 aliphatic carbocycles. The fraction of sp³-hybridized carbons (Fsp3) is 0.263. The van der Waals surface area contributed by atoms with Gasteiger partial charge in [-0.25, -0.2) is 0 Å². The van der Waals surface area contributed by atoms with Gasteiger partial charge in [0.25, 0.3) is 5.91 Å². The largest absolute Gasteiger partial charge is 0.380 e. The predicted molar refractivity (Wildman–Crippen MR) is 96.0 cm³/mol. The Hall–Kier alpha value is -2.62. The second kappa shape index (κ2) is 7.09. The van der Waals surface area contributed by atoms with Crippen molar-refractivity contribution in [2.75, 3.05) is 17.2 Å². The molecule has 4 heteroatoms. The molecule has 1 heterocycles. The van der Waals surface area contributed by atoms with Crippen molar-refractivity contribution in [3.63, 3.8) is 0 Å². The maximum absolute atomic E-state index is 12.3. The predicted octanol–water partition coefficient (Wildman–Crippen LogP) is 4.23. The minimum absolute atomic E-state index is 0.0949. The smallest absolute Gasteiger partial charge is 0.257 e. The number of carbonyl (C=O) groups is 1. The van der Waals surface area contributed by atoms with Crippen LogP contribution in [0.3, 0.4) is 0 Å². The van der Waals surface area contributed by atoms with Crippen LogP contribution >= 0.6 is 0 Å². The van der Waals surface area contributed by atoms with Gasteiger partial charge in [0, 0.05) is 24.6 Å². The molecule has 0 aliphatic heterocycles. The monoisotopic (exact) mass is 309 g/mol. The third kappa shape index (κ3) is 4.68. The van der Waals surface area contributed by atoms with Crippen LogP contribution in [0.15, 0.2) is 55.4 Å². The number of amides is 1. The molecule has 1 amide bonds. The van der Waals surface area contributed by atoms with Crippen LogP contribution in [0.25, 0.3) is 0 Å². The zero-order valence-corrected chi connectivity index (χ0v) is 13.9. The van der Waals surface area contributed by atoms with Crippen LogP contribution in [0.4, 0.5) is 11.4 Å². The molecular weight excluding hydrogens is 286 g/mol. The normalized spacial score (nSPS) is 10.9. The van der Waals surface area contributed by atoms with Gasteiger partial charge in [-0.1, -0.05) is 39.0 Å². The summed E-state index contributed by atoms with van der Waals surface area (Å²) in [6.07, 6.45) is 4.99. The van der Waals surface area contributed by atoms with Crippen molar-refractivity contribution in [2.24, 2.45) is 0 Å². The van der Waals surface area contributed by atoms with Crippen LogP contribution in [-0.4, -0.2) is 17.4 Å². The van der Waals surface area contributed by atoms with Gasteiger partial charge in [0.1, 0.15) is 0 Å². The molecule has 120 valence electrons. The summed E-state index contributed by atoms with van der Waals surface area (Å²) in [5, 5.41) is 6.01. The van der Waals surface area contributed by atoms with Crippen LogP contribution in [0.5, 0.6) is 0 Å². The summed E-state index contributed by atoms with van der Waals surface area (Å²) in [5.41, 5.74) is 3.40. The molecule has 0 aliphatic rings. The number of rotatable bonds is 5. The van der Waals surface area contributed by atoms with Crippen molar-refractivity contribution < 1.29 is 4.79 Å². The van der Waals surface area contributed by atoms with E-state index >= 15 is 0 Å². The lowest BCUT2D eigenvalue weighted by atomic mass is 9.87. The maximum atomic E-state index is 12.3. The van der Waals surface area contributed by atoms with Crippen molar-refractivity contribution in [1.82, 2.24) is 4.98 Å². The molecule has 0 unspecified atom stereocenters. The first kappa shape index (κ1) is 16.7. The number of nitrogens with zero attached hydrogens (tertiary/aromatic N) is 1. The molecule has 23 heavy (non-hydrogen) atoms. The number of pyridine rings is 1. The van der Waals surface area contributed by atoms with E-state index in [-0.39, 0.29) is 11.3 Å². The van der Waals surface area contributed by atoms with E-state index in [2.05, 4.69) is 43.0 Å². The zero-order valence-electron chi connectivity index (χ0n) is 13.9. The van der Waals surface area contributed by atoms with E-state index in [0.717, 1.165) is 11.4 Å². The molecule has 2 N–H and O–H groups in total. The van der Waals surface area contributed by atoms with E-state index in [4.69, 9.17) is 0 Å². The van der Waals surface area contributed by atoms with E-state index in [1.807, 2.05) is 24.3 Å². The number of aromatic nitrogens is 1. The van der Waals surface area contributed by atoms with Crippen molar-refractivity contribution in [2.45, 2.75) is 26.2 Å². The summed E-state index contributed by atoms with van der Waals surface area (Å²) in [6, 6.07) is 9.69. The molecule has 0 saturated heterocycles. The minimum Gasteiger partial charge on any atom is -0.380 e. The van der Waals surface area contributed by atoms with E-state index in [9.17, 15) is 4.79 Å². The van der Waals surface area contributed by atoms with Crippen molar-refractivity contribution in [1.29, 1.82) is 0 Å². The highest BCUT2D eigenvalue weighted by Gasteiger charge is 2.13. The molecule has 1 aromatic carbocycles. The summed E-state index contributed by atoms with van der Waals surface area (Å²) in [6.45, 7) is 10.8. The van der Waals surface area contributed by atoms with Gasteiger partial charge in [-0.15, -0.1) is 6.58 Å². The Kier molecular flexibility index (Phi) is 5.16. The first-order valence-corrected chi connectivity index (χ1v) is 7.62. The molecule has 4 nitrogen and oxygen atoms in total. The molecule has 0 spiro atoms. The summed E-state index contributed by atoms with van der Waals surface area (Å²) in [7, 11) is 0. The fourth-order valence-corrected chi connectivity index (χ4v) is 2.11. The Balaban J connectivity index is 2.08. The van der Waals surface area contributed by atoms with Crippen molar-refractivity contribution >= 4 is 17.3 Å². The minimum atomic E-state index is -0.178. The van der Waals surface area contributed by atoms with Gasteiger partial charge in [0.05, 0.1) is 11.3 Å². The zero-order chi connectivity index (χ0) is 16.9. The fourth-order valence-electron chi connectivity index (χ4n) is 2.11. The van der Waals surface area contributed by atoms with Crippen molar-refractivity contribution in [3.8, 4) is 0 Å². The van der Waals surface area contributed by atoms with Gasteiger partial charge in [0.2, 0.25) is 0 Å². The van der Waals surface area contributed by atoms with Crippen LogP contribution in [0.2, 0.25) is 0 Å². The highest BCUT2D eigenvalue weighted by atomic mass is 16.1. The van der Waals surface area contributed by atoms with Crippen molar-refractivity contribution in [3.05, 3.63) is 66.5 Å². The van der Waals surface area contributed by atoms with Crippen LogP contribution in [0, 0.1) is 0 Å². The molecule has 2 rings (SSSR count). The molecule has 0 atom stereocenters. The Bertz CT molecular complexity index is 685. The van der Waals surface area contributed by atoms with E-state index in [1.165, 1.54) is 5.56 Å². The number of hydrogen-bond donors (Lipinski definition) is 2. The second-order valence-corrected chi connectivity index (χ2v) is 6.41. The summed E-state index contributed by atoms with van der Waals surface area (Å²) in [4.78, 5) is 16.4. The lowest BCUT2D eigenvalue weighted by Crippen LogP contribution is -2.14. The first-order valence-electron chi connectivity index (χ1n) is 7.62. The molecule has 0 bridgehead atoms. The Morgan fingerprint density at radius 1 is 1.17 bits per heavy atom. The third-order valence-corrected chi connectivity index (χ3v) is 3.46. The number of hydrogen-bond acceptors (Lipinski definition) is 3. The molecule has 0 fully saturated rings. The quantitative estimate of drug-likeness (QED) is 0.813. The third-order valence-electron chi connectivity index (χ3n) is 3.46. The highest BCUT2D eigenvalue weighted by molar-refractivity contribution is 6.04. The van der Waals surface area contributed by atoms with E-state index < -0.39 is 0 Å². The van der Waals surface area contributed by atoms with Gasteiger partial charge in [-0.3, -0.25) is 9.78 Å². The maximum Gasteiger partial charge on any atom is 0.257 e. The topological polar surface area (TPSA) is 54.0 Å². The number of anilines is 2.